The highest BCUT2D eigenvalue weighted by atomic mass is 79.9. The van der Waals surface area contributed by atoms with Crippen LogP contribution in [0.4, 0.5) is 10.1 Å². The van der Waals surface area contributed by atoms with Crippen molar-refractivity contribution in [2.45, 2.75) is 0 Å². The van der Waals surface area contributed by atoms with Gasteiger partial charge in [-0.1, -0.05) is 0 Å². The van der Waals surface area contributed by atoms with Gasteiger partial charge in [-0.25, -0.2) is 4.39 Å². The van der Waals surface area contributed by atoms with Gasteiger partial charge in [-0.3, -0.25) is 10.1 Å². The van der Waals surface area contributed by atoms with Crippen LogP contribution in [0.5, 0.6) is 5.75 Å². The van der Waals surface area contributed by atoms with E-state index >= 15 is 0 Å². The first-order valence-electron chi connectivity index (χ1n) is 4.31. The van der Waals surface area contributed by atoms with Crippen molar-refractivity contribution >= 4 is 21.6 Å². The molecule has 1 aromatic rings. The second-order valence-electron chi connectivity index (χ2n) is 2.83. The summed E-state index contributed by atoms with van der Waals surface area (Å²) < 4.78 is 23.0. The summed E-state index contributed by atoms with van der Waals surface area (Å²) in [6, 6.07) is 2.04. The molecule has 0 aliphatic rings. The molecule has 0 N–H and O–H groups in total. The minimum atomic E-state index is -0.703. The molecule has 16 heavy (non-hydrogen) atoms. The predicted octanol–water partition coefficient (Wildman–Crippen LogP) is 2.52. The molecule has 7 heteroatoms. The maximum absolute atomic E-state index is 13.1. The lowest BCUT2D eigenvalue weighted by molar-refractivity contribution is -0.386. The zero-order chi connectivity index (χ0) is 12.1. The Morgan fingerprint density at radius 2 is 2.19 bits per heavy atom. The standard InChI is InChI=1S/C9H9BrFNO4/c1-15-2-3-16-9-4-6(10)7(11)5-8(9)12(13)14/h4-5H,2-3H2,1H3. The minimum absolute atomic E-state index is 0.00956. The zero-order valence-electron chi connectivity index (χ0n) is 8.41. The van der Waals surface area contributed by atoms with E-state index in [1.807, 2.05) is 0 Å². The van der Waals surface area contributed by atoms with E-state index < -0.39 is 16.4 Å². The van der Waals surface area contributed by atoms with E-state index in [-0.39, 0.29) is 16.8 Å². The first-order chi connectivity index (χ1) is 7.56. The molecule has 0 aliphatic heterocycles. The number of benzene rings is 1. The molecular formula is C9H9BrFNO4. The molecule has 0 bridgehead atoms. The van der Waals surface area contributed by atoms with Crippen LogP contribution in [0.3, 0.4) is 0 Å². The third-order valence-electron chi connectivity index (χ3n) is 1.74. The number of methoxy groups -OCH3 is 1. The Kier molecular flexibility index (Phi) is 4.63. The summed E-state index contributed by atoms with van der Waals surface area (Å²) in [6.07, 6.45) is 0. The molecule has 88 valence electrons. The van der Waals surface area contributed by atoms with Gasteiger partial charge >= 0.3 is 5.69 Å². The van der Waals surface area contributed by atoms with Crippen molar-refractivity contribution < 1.29 is 18.8 Å². The Morgan fingerprint density at radius 3 is 2.75 bits per heavy atom. The van der Waals surface area contributed by atoms with E-state index in [1.54, 1.807) is 0 Å². The summed E-state index contributed by atoms with van der Waals surface area (Å²) in [5.41, 5.74) is -0.406. The normalized spacial score (nSPS) is 10.2. The van der Waals surface area contributed by atoms with E-state index in [1.165, 1.54) is 13.2 Å². The fourth-order valence-corrected chi connectivity index (χ4v) is 1.33. The van der Waals surface area contributed by atoms with E-state index in [0.717, 1.165) is 6.07 Å². The van der Waals surface area contributed by atoms with Gasteiger partial charge in [0, 0.05) is 13.2 Å². The average molecular weight is 294 g/mol. The smallest absolute Gasteiger partial charge is 0.313 e. The summed E-state index contributed by atoms with van der Waals surface area (Å²) in [7, 11) is 1.48. The van der Waals surface area contributed by atoms with Gasteiger partial charge in [0.15, 0.2) is 5.75 Å². The molecule has 0 atom stereocenters. The van der Waals surface area contributed by atoms with Crippen molar-refractivity contribution in [2.24, 2.45) is 0 Å². The number of hydrogen-bond acceptors (Lipinski definition) is 4. The summed E-state index contributed by atoms with van der Waals surface area (Å²) in [4.78, 5) is 9.93. The largest absolute Gasteiger partial charge is 0.484 e. The van der Waals surface area contributed by atoms with Crippen LogP contribution in [0.25, 0.3) is 0 Å². The first kappa shape index (κ1) is 12.9. The molecule has 0 saturated carbocycles. The molecule has 0 radical (unpaired) electrons. The maximum atomic E-state index is 13.1. The third-order valence-corrected chi connectivity index (χ3v) is 2.35. The van der Waals surface area contributed by atoms with Crippen molar-refractivity contribution in [3.05, 3.63) is 32.5 Å². The molecule has 0 fully saturated rings. The number of ether oxygens (including phenoxy) is 2. The lowest BCUT2D eigenvalue weighted by Gasteiger charge is -2.06. The summed E-state index contributed by atoms with van der Waals surface area (Å²) >= 11 is 2.93. The molecule has 1 aromatic carbocycles. The van der Waals surface area contributed by atoms with Crippen LogP contribution in [-0.4, -0.2) is 25.2 Å². The van der Waals surface area contributed by atoms with Gasteiger partial charge in [-0.2, -0.15) is 0 Å². The summed E-state index contributed by atoms with van der Waals surface area (Å²) in [6.45, 7) is 0.460. The van der Waals surface area contributed by atoms with Crippen molar-refractivity contribution in [1.29, 1.82) is 0 Å². The Bertz CT molecular complexity index is 399. The number of hydrogen-bond donors (Lipinski definition) is 0. The fraction of sp³-hybridized carbons (Fsp3) is 0.333. The van der Waals surface area contributed by atoms with Crippen LogP contribution in [-0.2, 0) is 4.74 Å². The Hall–Kier alpha value is -1.21. The van der Waals surface area contributed by atoms with Crippen molar-refractivity contribution in [2.75, 3.05) is 20.3 Å². The molecule has 0 spiro atoms. The van der Waals surface area contributed by atoms with Gasteiger partial charge < -0.3 is 9.47 Å². The van der Waals surface area contributed by atoms with Gasteiger partial charge in [0.1, 0.15) is 12.4 Å². The zero-order valence-corrected chi connectivity index (χ0v) is 9.99. The van der Waals surface area contributed by atoms with Crippen LogP contribution in [0, 0.1) is 15.9 Å². The van der Waals surface area contributed by atoms with Gasteiger partial charge in [0.2, 0.25) is 0 Å². The fourth-order valence-electron chi connectivity index (χ4n) is 1.01. The summed E-state index contributed by atoms with van der Waals surface area (Å²) in [5.74, 6) is -0.693. The lowest BCUT2D eigenvalue weighted by Crippen LogP contribution is -2.06. The van der Waals surface area contributed by atoms with E-state index in [0.29, 0.717) is 6.61 Å². The Morgan fingerprint density at radius 1 is 1.50 bits per heavy atom. The van der Waals surface area contributed by atoms with Crippen LogP contribution in [0.15, 0.2) is 16.6 Å². The van der Waals surface area contributed by atoms with Crippen LogP contribution in [0.1, 0.15) is 0 Å². The second kappa shape index (κ2) is 5.76. The lowest BCUT2D eigenvalue weighted by atomic mass is 10.3. The highest BCUT2D eigenvalue weighted by Crippen LogP contribution is 2.32. The van der Waals surface area contributed by atoms with Crippen molar-refractivity contribution in [1.82, 2.24) is 0 Å². The van der Waals surface area contributed by atoms with Gasteiger partial charge in [-0.15, -0.1) is 0 Å². The van der Waals surface area contributed by atoms with Crippen LogP contribution < -0.4 is 4.74 Å². The van der Waals surface area contributed by atoms with Crippen LogP contribution in [0.2, 0.25) is 0 Å². The van der Waals surface area contributed by atoms with E-state index in [2.05, 4.69) is 15.9 Å². The highest BCUT2D eigenvalue weighted by Gasteiger charge is 2.18. The Balaban J connectivity index is 2.95. The number of halogens is 2. The molecule has 0 aromatic heterocycles. The topological polar surface area (TPSA) is 61.6 Å². The number of nitro groups is 1. The molecule has 0 saturated heterocycles. The number of nitro benzene ring substituents is 1. The molecule has 5 nitrogen and oxygen atoms in total. The van der Waals surface area contributed by atoms with E-state index in [4.69, 9.17) is 9.47 Å². The predicted molar refractivity (Wildman–Crippen MR) is 58.1 cm³/mol. The molecular weight excluding hydrogens is 285 g/mol. The van der Waals surface area contributed by atoms with E-state index in [9.17, 15) is 14.5 Å². The SMILES string of the molecule is COCCOc1cc(Br)c(F)cc1[N+](=O)[O-]. The average Bonchev–Trinajstić information content (AvgIpc) is 2.23. The summed E-state index contributed by atoms with van der Waals surface area (Å²) in [5, 5.41) is 10.6. The first-order valence-corrected chi connectivity index (χ1v) is 5.10. The van der Waals surface area contributed by atoms with Gasteiger partial charge in [0.05, 0.1) is 22.1 Å². The van der Waals surface area contributed by atoms with Crippen LogP contribution >= 0.6 is 15.9 Å². The van der Waals surface area contributed by atoms with Gasteiger partial charge in [-0.05, 0) is 15.9 Å². The molecule has 0 unspecified atom stereocenters. The monoisotopic (exact) mass is 293 g/mol. The third kappa shape index (κ3) is 3.14. The highest BCUT2D eigenvalue weighted by molar-refractivity contribution is 9.10. The number of rotatable bonds is 5. The van der Waals surface area contributed by atoms with Crippen molar-refractivity contribution in [3.8, 4) is 5.75 Å². The molecule has 1 rings (SSSR count). The van der Waals surface area contributed by atoms with Crippen molar-refractivity contribution in [3.63, 3.8) is 0 Å². The molecule has 0 aliphatic carbocycles. The second-order valence-corrected chi connectivity index (χ2v) is 3.69. The molecule has 0 amide bonds. The van der Waals surface area contributed by atoms with Gasteiger partial charge in [0.25, 0.3) is 0 Å². The number of nitrogens with zero attached hydrogens (tertiary/aromatic N) is 1. The maximum Gasteiger partial charge on any atom is 0.313 e. The molecule has 0 heterocycles. The Labute approximate surface area is 99.4 Å². The minimum Gasteiger partial charge on any atom is -0.484 e. The quantitative estimate of drug-likeness (QED) is 0.475.